The lowest BCUT2D eigenvalue weighted by atomic mass is 10.2. The predicted molar refractivity (Wildman–Crippen MR) is 88.9 cm³/mol. The first-order valence-electron chi connectivity index (χ1n) is 6.07. The van der Waals surface area contributed by atoms with Gasteiger partial charge in [-0.05, 0) is 46.3 Å². The molecule has 1 amide bonds. The van der Waals surface area contributed by atoms with Crippen molar-refractivity contribution in [1.29, 1.82) is 0 Å². The van der Waals surface area contributed by atoms with Crippen molar-refractivity contribution in [3.8, 4) is 11.5 Å². The van der Waals surface area contributed by atoms with Gasteiger partial charge in [0.1, 0.15) is 0 Å². The van der Waals surface area contributed by atoms with E-state index in [1.165, 1.54) is 0 Å². The van der Waals surface area contributed by atoms with E-state index in [2.05, 4.69) is 33.9 Å². The number of carbonyl (C=O) groups excluding carboxylic acids is 1. The van der Waals surface area contributed by atoms with Crippen molar-refractivity contribution >= 4 is 40.2 Å². The Kier molecular flexibility index (Phi) is 5.14. The molecule has 0 radical (unpaired) electrons. The van der Waals surface area contributed by atoms with E-state index >= 15 is 0 Å². The van der Waals surface area contributed by atoms with E-state index in [4.69, 9.17) is 9.47 Å². The molecule has 0 saturated carbocycles. The van der Waals surface area contributed by atoms with Gasteiger partial charge in [-0.15, -0.1) is 12.6 Å². The minimum atomic E-state index is -0.231. The smallest absolute Gasteiger partial charge is 0.256 e. The number of methoxy groups -OCH3 is 2. The quantitative estimate of drug-likeness (QED) is 0.802. The zero-order valence-electron chi connectivity index (χ0n) is 11.5. The Morgan fingerprint density at radius 1 is 1.10 bits per heavy atom. The van der Waals surface area contributed by atoms with Crippen LogP contribution in [0.1, 0.15) is 10.4 Å². The zero-order valence-corrected chi connectivity index (χ0v) is 14.0. The molecular formula is C15H14BrNO3S. The van der Waals surface area contributed by atoms with Gasteiger partial charge in [0, 0.05) is 21.1 Å². The minimum Gasteiger partial charge on any atom is -0.493 e. The fourth-order valence-corrected chi connectivity index (χ4v) is 2.43. The molecule has 0 aliphatic heterocycles. The number of hydrogen-bond donors (Lipinski definition) is 2. The predicted octanol–water partition coefficient (Wildman–Crippen LogP) is 4.01. The summed E-state index contributed by atoms with van der Waals surface area (Å²) in [5, 5.41) is 2.81. The molecule has 0 spiro atoms. The molecule has 0 unspecified atom stereocenters. The molecule has 1 N–H and O–H groups in total. The van der Waals surface area contributed by atoms with Gasteiger partial charge in [-0.3, -0.25) is 4.79 Å². The van der Waals surface area contributed by atoms with Crippen molar-refractivity contribution in [2.45, 2.75) is 4.90 Å². The topological polar surface area (TPSA) is 47.6 Å². The molecule has 2 aromatic carbocycles. The van der Waals surface area contributed by atoms with Crippen molar-refractivity contribution in [1.82, 2.24) is 0 Å². The summed E-state index contributed by atoms with van der Waals surface area (Å²) in [6.07, 6.45) is 0. The first-order chi connectivity index (χ1) is 10.0. The Labute approximate surface area is 137 Å². The first-order valence-corrected chi connectivity index (χ1v) is 7.31. The Balaban J connectivity index is 2.25. The van der Waals surface area contributed by atoms with Crippen molar-refractivity contribution in [2.24, 2.45) is 0 Å². The standard InChI is InChI=1S/C15H14BrNO3S/c1-19-13-6-3-9(7-14(13)20-2)17-15(18)11-8-10(21)4-5-12(11)16/h3-8,21H,1-2H3,(H,17,18). The summed E-state index contributed by atoms with van der Waals surface area (Å²) in [6.45, 7) is 0. The summed E-state index contributed by atoms with van der Waals surface area (Å²) in [5.41, 5.74) is 1.13. The van der Waals surface area contributed by atoms with Crippen LogP contribution in [0.25, 0.3) is 0 Å². The molecule has 0 heterocycles. The normalized spacial score (nSPS) is 10.1. The molecule has 2 rings (SSSR count). The highest BCUT2D eigenvalue weighted by Gasteiger charge is 2.12. The van der Waals surface area contributed by atoms with Crippen molar-refractivity contribution in [2.75, 3.05) is 19.5 Å². The van der Waals surface area contributed by atoms with Crippen molar-refractivity contribution in [3.05, 3.63) is 46.4 Å². The Morgan fingerprint density at radius 2 is 1.81 bits per heavy atom. The van der Waals surface area contributed by atoms with Crippen LogP contribution in [0.5, 0.6) is 11.5 Å². The molecule has 0 aromatic heterocycles. The summed E-state index contributed by atoms with van der Waals surface area (Å²) >= 11 is 7.60. The van der Waals surface area contributed by atoms with E-state index in [1.54, 1.807) is 50.6 Å². The molecule has 0 aliphatic carbocycles. The number of hydrogen-bond acceptors (Lipinski definition) is 4. The van der Waals surface area contributed by atoms with Gasteiger partial charge in [-0.25, -0.2) is 0 Å². The van der Waals surface area contributed by atoms with Gasteiger partial charge in [0.2, 0.25) is 0 Å². The number of halogens is 1. The molecular weight excluding hydrogens is 354 g/mol. The van der Waals surface area contributed by atoms with Gasteiger partial charge < -0.3 is 14.8 Å². The molecule has 4 nitrogen and oxygen atoms in total. The van der Waals surface area contributed by atoms with E-state index < -0.39 is 0 Å². The van der Waals surface area contributed by atoms with Gasteiger partial charge in [-0.1, -0.05) is 0 Å². The number of carbonyl (C=O) groups is 1. The van der Waals surface area contributed by atoms with Gasteiger partial charge in [0.05, 0.1) is 19.8 Å². The minimum absolute atomic E-state index is 0.231. The Morgan fingerprint density at radius 3 is 2.48 bits per heavy atom. The average molecular weight is 368 g/mol. The Hall–Kier alpha value is -1.66. The third kappa shape index (κ3) is 3.71. The van der Waals surface area contributed by atoms with Crippen LogP contribution in [0.2, 0.25) is 0 Å². The van der Waals surface area contributed by atoms with Crippen LogP contribution in [0, 0.1) is 0 Å². The van der Waals surface area contributed by atoms with E-state index in [1.807, 2.05) is 0 Å². The van der Waals surface area contributed by atoms with E-state index in [9.17, 15) is 4.79 Å². The van der Waals surface area contributed by atoms with Crippen LogP contribution < -0.4 is 14.8 Å². The Bertz CT molecular complexity index is 676. The lowest BCUT2D eigenvalue weighted by Crippen LogP contribution is -2.12. The number of benzene rings is 2. The summed E-state index contributed by atoms with van der Waals surface area (Å²) in [6, 6.07) is 10.5. The lowest BCUT2D eigenvalue weighted by molar-refractivity contribution is 0.102. The van der Waals surface area contributed by atoms with Crippen LogP contribution >= 0.6 is 28.6 Å². The molecule has 6 heteroatoms. The number of ether oxygens (including phenoxy) is 2. The molecule has 2 aromatic rings. The second kappa shape index (κ2) is 6.87. The number of rotatable bonds is 4. The highest BCUT2D eigenvalue weighted by molar-refractivity contribution is 9.10. The number of thiol groups is 1. The second-order valence-corrected chi connectivity index (χ2v) is 5.56. The fourth-order valence-electron chi connectivity index (χ4n) is 1.80. The van der Waals surface area contributed by atoms with E-state index in [0.29, 0.717) is 27.2 Å². The van der Waals surface area contributed by atoms with Crippen LogP contribution in [0.15, 0.2) is 45.8 Å². The molecule has 21 heavy (non-hydrogen) atoms. The highest BCUT2D eigenvalue weighted by atomic mass is 79.9. The summed E-state index contributed by atoms with van der Waals surface area (Å²) < 4.78 is 11.1. The molecule has 0 bridgehead atoms. The van der Waals surface area contributed by atoms with Crippen LogP contribution in [0.3, 0.4) is 0 Å². The number of anilines is 1. The SMILES string of the molecule is COc1ccc(NC(=O)c2cc(S)ccc2Br)cc1OC. The fraction of sp³-hybridized carbons (Fsp3) is 0.133. The van der Waals surface area contributed by atoms with Crippen molar-refractivity contribution in [3.63, 3.8) is 0 Å². The monoisotopic (exact) mass is 367 g/mol. The van der Waals surface area contributed by atoms with Gasteiger partial charge >= 0.3 is 0 Å². The maximum Gasteiger partial charge on any atom is 0.256 e. The average Bonchev–Trinajstić information content (AvgIpc) is 2.49. The number of nitrogens with one attached hydrogen (secondary N) is 1. The highest BCUT2D eigenvalue weighted by Crippen LogP contribution is 2.30. The maximum absolute atomic E-state index is 12.3. The van der Waals surface area contributed by atoms with Gasteiger partial charge in [0.25, 0.3) is 5.91 Å². The third-order valence-corrected chi connectivity index (χ3v) is 3.81. The van der Waals surface area contributed by atoms with E-state index in [0.717, 1.165) is 4.90 Å². The largest absolute Gasteiger partial charge is 0.493 e. The molecule has 0 fully saturated rings. The first kappa shape index (κ1) is 15.7. The van der Waals surface area contributed by atoms with Gasteiger partial charge in [0.15, 0.2) is 11.5 Å². The van der Waals surface area contributed by atoms with Gasteiger partial charge in [-0.2, -0.15) is 0 Å². The third-order valence-electron chi connectivity index (χ3n) is 2.84. The van der Waals surface area contributed by atoms with Crippen molar-refractivity contribution < 1.29 is 14.3 Å². The lowest BCUT2D eigenvalue weighted by Gasteiger charge is -2.11. The molecule has 110 valence electrons. The molecule has 0 aliphatic rings. The van der Waals surface area contributed by atoms with Crippen LogP contribution in [0.4, 0.5) is 5.69 Å². The van der Waals surface area contributed by atoms with Crippen LogP contribution in [-0.4, -0.2) is 20.1 Å². The zero-order chi connectivity index (χ0) is 15.4. The number of amides is 1. The van der Waals surface area contributed by atoms with E-state index in [-0.39, 0.29) is 5.91 Å². The van der Waals surface area contributed by atoms with Crippen LogP contribution in [-0.2, 0) is 0 Å². The second-order valence-electron chi connectivity index (χ2n) is 4.19. The summed E-state index contributed by atoms with van der Waals surface area (Å²) in [7, 11) is 3.11. The molecule has 0 saturated heterocycles. The molecule has 0 atom stereocenters. The summed E-state index contributed by atoms with van der Waals surface area (Å²) in [5.74, 6) is 0.927. The summed E-state index contributed by atoms with van der Waals surface area (Å²) in [4.78, 5) is 13.0. The maximum atomic E-state index is 12.3.